The molecule has 1 atom stereocenters. The number of benzene rings is 1. The maximum atomic E-state index is 12.9. The zero-order valence-electron chi connectivity index (χ0n) is 23.8. The van der Waals surface area contributed by atoms with E-state index in [4.69, 9.17) is 4.74 Å². The van der Waals surface area contributed by atoms with Gasteiger partial charge in [0.25, 0.3) is 11.8 Å². The molecule has 3 rings (SSSR count). The van der Waals surface area contributed by atoms with E-state index in [0.29, 0.717) is 36.1 Å². The second-order valence-electron chi connectivity index (χ2n) is 9.29. The fourth-order valence-electron chi connectivity index (χ4n) is 3.66. The van der Waals surface area contributed by atoms with Gasteiger partial charge in [0, 0.05) is 44.9 Å². The number of carbonyl (C=O) groups excluding carboxylic acids is 2. The number of hydrogen-bond acceptors (Lipinski definition) is 7. The van der Waals surface area contributed by atoms with Crippen LogP contribution in [0.25, 0.3) is 0 Å². The lowest BCUT2D eigenvalue weighted by molar-refractivity contribution is -0.125. The molecule has 1 aliphatic rings. The number of hydrazone groups is 1. The van der Waals surface area contributed by atoms with Crippen LogP contribution in [0.5, 0.6) is 5.75 Å². The topological polar surface area (TPSA) is 125 Å². The van der Waals surface area contributed by atoms with Gasteiger partial charge in [0.2, 0.25) is 5.84 Å². The number of aromatic nitrogens is 2. The largest absolute Gasteiger partial charge is 0.489 e. The van der Waals surface area contributed by atoms with Crippen molar-refractivity contribution < 1.29 is 14.3 Å². The first-order valence-corrected chi connectivity index (χ1v) is 13.2. The normalized spacial score (nSPS) is 14.9. The minimum absolute atomic E-state index is 0.0149. The number of para-hydroxylation sites is 2. The number of ether oxygens (including phenoxy) is 1. The van der Waals surface area contributed by atoms with Crippen molar-refractivity contribution in [2.24, 2.45) is 5.10 Å². The van der Waals surface area contributed by atoms with Crippen LogP contribution in [0.3, 0.4) is 0 Å². The van der Waals surface area contributed by atoms with Crippen molar-refractivity contribution in [2.75, 3.05) is 25.6 Å². The van der Waals surface area contributed by atoms with Crippen molar-refractivity contribution in [3.8, 4) is 29.4 Å². The molecule has 4 N–H and O–H groups in total. The lowest BCUT2D eigenvalue weighted by Crippen LogP contribution is -2.53. The highest BCUT2D eigenvalue weighted by Gasteiger charge is 2.31. The number of hydrogen-bond donors (Lipinski definition) is 4. The van der Waals surface area contributed by atoms with Gasteiger partial charge in [-0.3, -0.25) is 19.7 Å². The summed E-state index contributed by atoms with van der Waals surface area (Å²) in [7, 11) is 3.18. The molecule has 0 aliphatic carbocycles. The van der Waals surface area contributed by atoms with Crippen molar-refractivity contribution in [1.29, 1.82) is 0 Å². The smallest absolute Gasteiger partial charge is 0.289 e. The van der Waals surface area contributed by atoms with Crippen molar-refractivity contribution in [3.05, 3.63) is 66.7 Å². The Labute approximate surface area is 241 Å². The van der Waals surface area contributed by atoms with Crippen LogP contribution in [0.1, 0.15) is 25.8 Å². The highest BCUT2D eigenvalue weighted by molar-refractivity contribution is 6.38. The van der Waals surface area contributed by atoms with Gasteiger partial charge in [0.1, 0.15) is 24.1 Å². The fourth-order valence-corrected chi connectivity index (χ4v) is 3.66. The van der Waals surface area contributed by atoms with E-state index >= 15 is 0 Å². The monoisotopic (exact) mass is 556 g/mol. The minimum atomic E-state index is -0.901. The number of aryl methyl sites for hydroxylation is 1. The summed E-state index contributed by atoms with van der Waals surface area (Å²) in [6, 6.07) is 6.70. The van der Waals surface area contributed by atoms with Crippen LogP contribution >= 0.6 is 0 Å². The highest BCUT2D eigenvalue weighted by Crippen LogP contribution is 2.29. The van der Waals surface area contributed by atoms with Gasteiger partial charge >= 0.3 is 0 Å². The molecule has 0 fully saturated rings. The summed E-state index contributed by atoms with van der Waals surface area (Å²) in [4.78, 5) is 27.3. The number of likely N-dealkylation sites (N-methyl/N-ethyl adjacent to an activating group) is 2. The molecule has 11 nitrogen and oxygen atoms in total. The average molecular weight is 557 g/mol. The third kappa shape index (κ3) is 9.31. The Morgan fingerprint density at radius 3 is 2.88 bits per heavy atom. The number of amidine groups is 1. The molecule has 0 saturated carbocycles. The SMILES string of the molecule is C=C/C=C(/C#CC#CCCn1cc(CNC(C)C)cn1)N/N=C(\NC)C(=O)N[C@@H]1COc2ccccc2N(C)C1=O. The molecule has 41 heavy (non-hydrogen) atoms. The van der Waals surface area contributed by atoms with Gasteiger partial charge in [-0.1, -0.05) is 44.6 Å². The van der Waals surface area contributed by atoms with Gasteiger partial charge in [-0.05, 0) is 36.0 Å². The van der Waals surface area contributed by atoms with Crippen LogP contribution in [0.4, 0.5) is 5.69 Å². The number of anilines is 1. The molecule has 0 saturated heterocycles. The predicted octanol–water partition coefficient (Wildman–Crippen LogP) is 1.51. The number of carbonyl (C=O) groups is 2. The summed E-state index contributed by atoms with van der Waals surface area (Å²) in [5.41, 5.74) is 4.88. The maximum absolute atomic E-state index is 12.9. The zero-order chi connectivity index (χ0) is 29.6. The summed E-state index contributed by atoms with van der Waals surface area (Å²) in [5, 5.41) is 17.2. The fraction of sp³-hybridized carbons (Fsp3) is 0.333. The van der Waals surface area contributed by atoms with Crippen LogP contribution in [0.15, 0.2) is 66.2 Å². The Morgan fingerprint density at radius 2 is 2.12 bits per heavy atom. The van der Waals surface area contributed by atoms with E-state index in [-0.39, 0.29) is 18.3 Å². The Kier molecular flexibility index (Phi) is 11.6. The Morgan fingerprint density at radius 1 is 1.32 bits per heavy atom. The van der Waals surface area contributed by atoms with Crippen molar-refractivity contribution in [3.63, 3.8) is 0 Å². The van der Waals surface area contributed by atoms with E-state index in [0.717, 1.165) is 12.1 Å². The summed E-state index contributed by atoms with van der Waals surface area (Å²) in [6.45, 7) is 9.31. The van der Waals surface area contributed by atoms with Crippen molar-refractivity contribution in [1.82, 2.24) is 31.2 Å². The van der Waals surface area contributed by atoms with Gasteiger partial charge in [-0.25, -0.2) is 0 Å². The third-order valence-electron chi connectivity index (χ3n) is 5.81. The summed E-state index contributed by atoms with van der Waals surface area (Å²) in [5.74, 6) is 11.1. The molecular formula is C30H36N8O3. The van der Waals surface area contributed by atoms with E-state index in [2.05, 4.69) is 75.7 Å². The maximum Gasteiger partial charge on any atom is 0.289 e. The van der Waals surface area contributed by atoms with Crippen molar-refractivity contribution in [2.45, 2.75) is 45.4 Å². The Hall–Kier alpha value is -5.00. The summed E-state index contributed by atoms with van der Waals surface area (Å²) < 4.78 is 7.61. The predicted molar refractivity (Wildman–Crippen MR) is 160 cm³/mol. The molecule has 2 aromatic rings. The van der Waals surface area contributed by atoms with Gasteiger partial charge < -0.3 is 25.6 Å². The summed E-state index contributed by atoms with van der Waals surface area (Å²) >= 11 is 0. The second-order valence-corrected chi connectivity index (χ2v) is 9.29. The van der Waals surface area contributed by atoms with Crippen LogP contribution < -0.4 is 31.0 Å². The standard InChI is InChI=1S/C30H36N8O3/c1-6-13-24(14-9-7-8-12-17-38-20-23(19-33-38)18-32-22(2)3)35-36-28(31-4)29(39)34-25-21-41-27-16-11-10-15-26(27)37(5)30(25)40/h6,10-11,13,15-16,19-20,22,25,32,35H,1,12,17-18,21H2,2-5H3,(H,31,36)(H,34,39)/b24-13-/t25-/m1/s1. The Balaban J connectivity index is 1.54. The number of rotatable bonds is 9. The minimum Gasteiger partial charge on any atom is -0.489 e. The number of allylic oxidation sites excluding steroid dienone is 3. The molecule has 2 amide bonds. The number of fused-ring (bicyclic) bond motifs is 1. The number of amides is 2. The molecule has 0 bridgehead atoms. The van der Waals surface area contributed by atoms with E-state index in [1.807, 2.05) is 29.2 Å². The van der Waals surface area contributed by atoms with Gasteiger partial charge in [-0.15, -0.1) is 0 Å². The molecule has 1 aromatic carbocycles. The Bertz CT molecular complexity index is 1420. The third-order valence-corrected chi connectivity index (χ3v) is 5.81. The second kappa shape index (κ2) is 15.6. The molecule has 0 unspecified atom stereocenters. The van der Waals surface area contributed by atoms with E-state index in [1.165, 1.54) is 11.0 Å². The first kappa shape index (κ1) is 30.5. The van der Waals surface area contributed by atoms with Gasteiger partial charge in [-0.2, -0.15) is 10.2 Å². The molecule has 0 radical (unpaired) electrons. The highest BCUT2D eigenvalue weighted by atomic mass is 16.5. The molecule has 11 heteroatoms. The molecule has 2 heterocycles. The van der Waals surface area contributed by atoms with E-state index in [9.17, 15) is 9.59 Å². The lowest BCUT2D eigenvalue weighted by Gasteiger charge is -2.20. The van der Waals surface area contributed by atoms with Gasteiger partial charge in [0.15, 0.2) is 0 Å². The number of nitrogens with one attached hydrogen (secondary N) is 4. The first-order valence-electron chi connectivity index (χ1n) is 13.2. The van der Waals surface area contributed by atoms with E-state index < -0.39 is 11.9 Å². The lowest BCUT2D eigenvalue weighted by atomic mass is 10.2. The van der Waals surface area contributed by atoms with E-state index in [1.54, 1.807) is 32.3 Å². The molecule has 1 aliphatic heterocycles. The molecular weight excluding hydrogens is 520 g/mol. The van der Waals surface area contributed by atoms with Crippen molar-refractivity contribution >= 4 is 23.3 Å². The van der Waals surface area contributed by atoms with Crippen LogP contribution in [0, 0.1) is 23.7 Å². The van der Waals surface area contributed by atoms with Gasteiger partial charge in [0.05, 0.1) is 18.4 Å². The molecule has 1 aromatic heterocycles. The number of nitrogens with zero attached hydrogens (tertiary/aromatic N) is 4. The average Bonchev–Trinajstić information content (AvgIpc) is 3.38. The molecule has 214 valence electrons. The molecule has 0 spiro atoms. The van der Waals surface area contributed by atoms with Crippen LogP contribution in [0.2, 0.25) is 0 Å². The van der Waals surface area contributed by atoms with Crippen LogP contribution in [-0.4, -0.2) is 60.2 Å². The first-order chi connectivity index (χ1) is 19.8. The van der Waals surface area contributed by atoms with Crippen LogP contribution in [-0.2, 0) is 22.7 Å². The quantitative estimate of drug-likeness (QED) is 0.121. The zero-order valence-corrected chi connectivity index (χ0v) is 23.8. The summed E-state index contributed by atoms with van der Waals surface area (Å²) in [6.07, 6.45) is 7.58.